The van der Waals surface area contributed by atoms with Gasteiger partial charge in [0.2, 0.25) is 0 Å². The van der Waals surface area contributed by atoms with Gasteiger partial charge in [-0.15, -0.1) is 0 Å². The van der Waals surface area contributed by atoms with Gasteiger partial charge in [-0.3, -0.25) is 0 Å². The Labute approximate surface area is 124 Å². The van der Waals surface area contributed by atoms with Crippen LogP contribution in [-0.2, 0) is 6.18 Å². The molecule has 2 rings (SSSR count). The molecule has 0 spiro atoms. The third-order valence-corrected chi connectivity index (χ3v) is 3.84. The van der Waals surface area contributed by atoms with Crippen molar-refractivity contribution < 1.29 is 13.2 Å². The first-order chi connectivity index (χ1) is 8.86. The molecule has 0 aliphatic rings. The number of hydrogen-bond acceptors (Lipinski definition) is 3. The van der Waals surface area contributed by atoms with Crippen LogP contribution in [0.1, 0.15) is 5.56 Å². The maximum Gasteiger partial charge on any atom is 0.417 e. The van der Waals surface area contributed by atoms with Crippen molar-refractivity contribution in [3.05, 3.63) is 45.7 Å². The zero-order valence-electron chi connectivity index (χ0n) is 9.08. The van der Waals surface area contributed by atoms with E-state index in [1.807, 2.05) is 0 Å². The maximum atomic E-state index is 12.4. The van der Waals surface area contributed by atoms with Gasteiger partial charge >= 0.3 is 6.18 Å². The minimum Gasteiger partial charge on any atom is -0.249 e. The Morgan fingerprint density at radius 1 is 1.16 bits per heavy atom. The molecular weight excluding hydrogens is 365 g/mol. The summed E-state index contributed by atoms with van der Waals surface area (Å²) in [5, 5.41) is 1.28. The number of aromatic nitrogens is 2. The number of hydrogen-bond donors (Lipinski definition) is 0. The highest BCUT2D eigenvalue weighted by Gasteiger charge is 2.30. The standard InChI is InChI=1S/C11H5BrClF3N2S/c12-7-3-8(13)10(18-5-7)19-9-2-1-6(4-17-9)11(14,15)16/h1-5H. The first-order valence-electron chi connectivity index (χ1n) is 4.88. The maximum absolute atomic E-state index is 12.4. The van der Waals surface area contributed by atoms with E-state index in [9.17, 15) is 13.2 Å². The largest absolute Gasteiger partial charge is 0.417 e. The van der Waals surface area contributed by atoms with E-state index < -0.39 is 11.7 Å². The van der Waals surface area contributed by atoms with Crippen LogP contribution < -0.4 is 0 Å². The van der Waals surface area contributed by atoms with Crippen molar-refractivity contribution in [1.29, 1.82) is 0 Å². The molecule has 0 bridgehead atoms. The molecule has 0 unspecified atom stereocenters. The summed E-state index contributed by atoms with van der Waals surface area (Å²) >= 11 is 10.3. The Hall–Kier alpha value is -0.790. The van der Waals surface area contributed by atoms with E-state index in [-0.39, 0.29) is 0 Å². The van der Waals surface area contributed by atoms with Crippen molar-refractivity contribution in [3.8, 4) is 0 Å². The van der Waals surface area contributed by atoms with Crippen LogP contribution in [0.2, 0.25) is 5.02 Å². The molecule has 0 N–H and O–H groups in total. The molecule has 0 aromatic carbocycles. The molecule has 0 saturated heterocycles. The van der Waals surface area contributed by atoms with Gasteiger partial charge in [0.25, 0.3) is 0 Å². The minimum atomic E-state index is -4.39. The second-order valence-electron chi connectivity index (χ2n) is 3.43. The van der Waals surface area contributed by atoms with Crippen LogP contribution in [0.25, 0.3) is 0 Å². The lowest BCUT2D eigenvalue weighted by Crippen LogP contribution is -2.05. The predicted octanol–water partition coefficient (Wildman–Crippen LogP) is 5.06. The summed E-state index contributed by atoms with van der Waals surface area (Å²) in [6.07, 6.45) is -2.04. The van der Waals surface area contributed by atoms with Crippen molar-refractivity contribution >= 4 is 39.3 Å². The molecule has 2 heterocycles. The van der Waals surface area contributed by atoms with Crippen LogP contribution >= 0.6 is 39.3 Å². The number of halogens is 5. The van der Waals surface area contributed by atoms with E-state index in [0.29, 0.717) is 15.1 Å². The molecule has 19 heavy (non-hydrogen) atoms. The monoisotopic (exact) mass is 368 g/mol. The lowest BCUT2D eigenvalue weighted by Gasteiger charge is -2.07. The molecule has 0 atom stereocenters. The van der Waals surface area contributed by atoms with Gasteiger partial charge in [0.05, 0.1) is 10.6 Å². The summed E-state index contributed by atoms with van der Waals surface area (Å²) in [5.74, 6) is 0. The molecule has 0 saturated carbocycles. The normalized spacial score (nSPS) is 11.6. The molecule has 8 heteroatoms. The molecule has 2 aromatic heterocycles. The molecule has 0 aliphatic carbocycles. The van der Waals surface area contributed by atoms with Gasteiger partial charge < -0.3 is 0 Å². The zero-order valence-corrected chi connectivity index (χ0v) is 12.2. The molecule has 2 nitrogen and oxygen atoms in total. The van der Waals surface area contributed by atoms with Gasteiger partial charge in [-0.2, -0.15) is 13.2 Å². The summed E-state index contributed by atoms with van der Waals surface area (Å²) in [6.45, 7) is 0. The van der Waals surface area contributed by atoms with Crippen LogP contribution in [0.4, 0.5) is 13.2 Å². The fourth-order valence-corrected chi connectivity index (χ4v) is 2.63. The summed E-state index contributed by atoms with van der Waals surface area (Å²) < 4.78 is 37.8. The van der Waals surface area contributed by atoms with Crippen LogP contribution in [-0.4, -0.2) is 9.97 Å². The first-order valence-corrected chi connectivity index (χ1v) is 6.87. The topological polar surface area (TPSA) is 25.8 Å². The molecule has 0 fully saturated rings. The Bertz CT molecular complexity index is 589. The molecular formula is C11H5BrClF3N2S. The van der Waals surface area contributed by atoms with Crippen molar-refractivity contribution in [2.75, 3.05) is 0 Å². The number of alkyl halides is 3. The average Bonchev–Trinajstić information content (AvgIpc) is 2.32. The van der Waals surface area contributed by atoms with Gasteiger partial charge in [0, 0.05) is 16.9 Å². The second kappa shape index (κ2) is 5.68. The zero-order chi connectivity index (χ0) is 14.0. The number of nitrogens with zero attached hydrogens (tertiary/aromatic N) is 2. The Kier molecular flexibility index (Phi) is 4.37. The van der Waals surface area contributed by atoms with Gasteiger partial charge in [0.15, 0.2) is 0 Å². The Balaban J connectivity index is 2.20. The summed E-state index contributed by atoms with van der Waals surface area (Å²) in [7, 11) is 0. The fourth-order valence-electron chi connectivity index (χ4n) is 1.18. The predicted molar refractivity (Wildman–Crippen MR) is 70.3 cm³/mol. The second-order valence-corrected chi connectivity index (χ2v) is 5.76. The van der Waals surface area contributed by atoms with Crippen LogP contribution in [0.5, 0.6) is 0 Å². The van der Waals surface area contributed by atoms with E-state index in [0.717, 1.165) is 28.5 Å². The van der Waals surface area contributed by atoms with E-state index in [1.54, 1.807) is 12.3 Å². The molecule has 0 aliphatic heterocycles. The van der Waals surface area contributed by atoms with Crippen molar-refractivity contribution in [2.24, 2.45) is 0 Å². The van der Waals surface area contributed by atoms with Crippen LogP contribution in [0.3, 0.4) is 0 Å². The molecule has 0 amide bonds. The Morgan fingerprint density at radius 3 is 2.42 bits per heavy atom. The molecule has 2 aromatic rings. The van der Waals surface area contributed by atoms with Crippen LogP contribution in [0, 0.1) is 0 Å². The minimum absolute atomic E-state index is 0.393. The van der Waals surface area contributed by atoms with Crippen molar-refractivity contribution in [3.63, 3.8) is 0 Å². The van der Waals surface area contributed by atoms with E-state index in [4.69, 9.17) is 11.6 Å². The Morgan fingerprint density at radius 2 is 1.89 bits per heavy atom. The highest BCUT2D eigenvalue weighted by Crippen LogP contribution is 2.33. The summed E-state index contributed by atoms with van der Waals surface area (Å²) in [4.78, 5) is 7.80. The molecule has 100 valence electrons. The third-order valence-electron chi connectivity index (χ3n) is 2.04. The third kappa shape index (κ3) is 3.84. The lowest BCUT2D eigenvalue weighted by molar-refractivity contribution is -0.137. The smallest absolute Gasteiger partial charge is 0.249 e. The van der Waals surface area contributed by atoms with E-state index >= 15 is 0 Å². The quantitative estimate of drug-likeness (QED) is 0.740. The van der Waals surface area contributed by atoms with Gasteiger partial charge in [-0.05, 0) is 45.9 Å². The van der Waals surface area contributed by atoms with Crippen molar-refractivity contribution in [1.82, 2.24) is 9.97 Å². The SMILES string of the molecule is FC(F)(F)c1ccc(Sc2ncc(Br)cc2Cl)nc1. The number of pyridine rings is 2. The molecule has 0 radical (unpaired) electrons. The van der Waals surface area contributed by atoms with Gasteiger partial charge in [-0.1, -0.05) is 11.6 Å². The fraction of sp³-hybridized carbons (Fsp3) is 0.0909. The highest BCUT2D eigenvalue weighted by molar-refractivity contribution is 9.10. The van der Waals surface area contributed by atoms with Gasteiger partial charge in [-0.25, -0.2) is 9.97 Å². The summed E-state index contributed by atoms with van der Waals surface area (Å²) in [6, 6.07) is 3.91. The highest BCUT2D eigenvalue weighted by atomic mass is 79.9. The first kappa shape index (κ1) is 14.6. The van der Waals surface area contributed by atoms with E-state index in [2.05, 4.69) is 25.9 Å². The van der Waals surface area contributed by atoms with Gasteiger partial charge in [0.1, 0.15) is 10.1 Å². The lowest BCUT2D eigenvalue weighted by atomic mass is 10.3. The van der Waals surface area contributed by atoms with E-state index in [1.165, 1.54) is 6.07 Å². The summed E-state index contributed by atoms with van der Waals surface area (Å²) in [5.41, 5.74) is -0.785. The van der Waals surface area contributed by atoms with Crippen molar-refractivity contribution in [2.45, 2.75) is 16.2 Å². The van der Waals surface area contributed by atoms with Crippen LogP contribution in [0.15, 0.2) is 45.1 Å². The number of rotatable bonds is 2. The average molecular weight is 370 g/mol.